The van der Waals surface area contributed by atoms with Crippen molar-refractivity contribution in [3.63, 3.8) is 0 Å². The standard InChI is InChI=1S/C22H17N9O4/c32-30(33)18-10-6-15(7-11-18)14-23-29-22-27-20(24-16-4-2-1-3-5-16)26-21(28-22)25-17-8-12-19(13-9-17)31(34)35/h1-14H,(H3,24,25,26,27,28,29)/b23-14-. The second kappa shape index (κ2) is 10.4. The van der Waals surface area contributed by atoms with Gasteiger partial charge in [-0.2, -0.15) is 20.1 Å². The third kappa shape index (κ3) is 6.29. The van der Waals surface area contributed by atoms with Gasteiger partial charge in [0.15, 0.2) is 0 Å². The molecule has 0 fully saturated rings. The molecule has 0 radical (unpaired) electrons. The molecule has 0 bridgehead atoms. The van der Waals surface area contributed by atoms with Crippen LogP contribution in [-0.4, -0.2) is 31.0 Å². The van der Waals surface area contributed by atoms with E-state index in [1.807, 2.05) is 30.3 Å². The average molecular weight is 471 g/mol. The van der Waals surface area contributed by atoms with Gasteiger partial charge >= 0.3 is 0 Å². The maximum absolute atomic E-state index is 10.9. The molecule has 0 saturated carbocycles. The summed E-state index contributed by atoms with van der Waals surface area (Å²) in [5.74, 6) is 0.505. The van der Waals surface area contributed by atoms with Gasteiger partial charge in [0.25, 0.3) is 11.4 Å². The van der Waals surface area contributed by atoms with Crippen LogP contribution in [0.1, 0.15) is 5.56 Å². The molecule has 0 unspecified atom stereocenters. The van der Waals surface area contributed by atoms with E-state index in [2.05, 4.69) is 36.1 Å². The van der Waals surface area contributed by atoms with Crippen LogP contribution in [-0.2, 0) is 0 Å². The summed E-state index contributed by atoms with van der Waals surface area (Å²) in [5, 5.41) is 31.8. The summed E-state index contributed by atoms with van der Waals surface area (Å²) >= 11 is 0. The SMILES string of the molecule is O=[N+]([O-])c1ccc(/C=N\Nc2nc(Nc3ccccc3)nc(Nc3ccc([N+](=O)[O-])cc3)n2)cc1. The Morgan fingerprint density at radius 2 is 1.14 bits per heavy atom. The lowest BCUT2D eigenvalue weighted by Gasteiger charge is -2.10. The molecule has 0 atom stereocenters. The number of nitro groups is 2. The summed E-state index contributed by atoms with van der Waals surface area (Å²) in [6.45, 7) is 0. The van der Waals surface area contributed by atoms with Crippen LogP contribution < -0.4 is 16.1 Å². The number of rotatable bonds is 9. The number of anilines is 5. The summed E-state index contributed by atoms with van der Waals surface area (Å²) in [7, 11) is 0. The van der Waals surface area contributed by atoms with Gasteiger partial charge in [-0.1, -0.05) is 18.2 Å². The maximum atomic E-state index is 10.9. The lowest BCUT2D eigenvalue weighted by molar-refractivity contribution is -0.385. The molecule has 174 valence electrons. The molecule has 13 nitrogen and oxygen atoms in total. The molecule has 1 aromatic heterocycles. The second-order valence-corrected chi connectivity index (χ2v) is 6.94. The molecule has 0 aliphatic rings. The third-order valence-electron chi connectivity index (χ3n) is 4.48. The number of hydrogen-bond acceptors (Lipinski definition) is 11. The molecule has 0 aliphatic heterocycles. The number of aromatic nitrogens is 3. The highest BCUT2D eigenvalue weighted by atomic mass is 16.6. The Bertz CT molecular complexity index is 1360. The van der Waals surface area contributed by atoms with Crippen molar-refractivity contribution < 1.29 is 9.85 Å². The molecule has 0 spiro atoms. The van der Waals surface area contributed by atoms with Gasteiger partial charge in [0.1, 0.15) is 0 Å². The fourth-order valence-electron chi connectivity index (χ4n) is 2.83. The Morgan fingerprint density at radius 1 is 0.657 bits per heavy atom. The molecule has 0 saturated heterocycles. The highest BCUT2D eigenvalue weighted by Crippen LogP contribution is 2.21. The highest BCUT2D eigenvalue weighted by Gasteiger charge is 2.09. The van der Waals surface area contributed by atoms with Gasteiger partial charge in [-0.25, -0.2) is 5.43 Å². The van der Waals surface area contributed by atoms with E-state index >= 15 is 0 Å². The lowest BCUT2D eigenvalue weighted by atomic mass is 10.2. The van der Waals surface area contributed by atoms with Crippen LogP contribution in [0, 0.1) is 20.2 Å². The van der Waals surface area contributed by atoms with Crippen molar-refractivity contribution >= 4 is 46.8 Å². The number of nitro benzene ring substituents is 2. The Kier molecular flexibility index (Phi) is 6.78. The molecular formula is C22H17N9O4. The lowest BCUT2D eigenvalue weighted by Crippen LogP contribution is -2.07. The molecule has 1 heterocycles. The van der Waals surface area contributed by atoms with Gasteiger partial charge < -0.3 is 10.6 Å². The highest BCUT2D eigenvalue weighted by molar-refractivity contribution is 5.80. The van der Waals surface area contributed by atoms with E-state index in [4.69, 9.17) is 0 Å². The van der Waals surface area contributed by atoms with Crippen molar-refractivity contribution in [1.82, 2.24) is 15.0 Å². The van der Waals surface area contributed by atoms with Gasteiger partial charge in [0.05, 0.1) is 16.1 Å². The topological polar surface area (TPSA) is 173 Å². The largest absolute Gasteiger partial charge is 0.324 e. The van der Waals surface area contributed by atoms with E-state index in [0.717, 1.165) is 5.69 Å². The van der Waals surface area contributed by atoms with Gasteiger partial charge in [-0.3, -0.25) is 20.2 Å². The van der Waals surface area contributed by atoms with Gasteiger partial charge in [0.2, 0.25) is 17.8 Å². The van der Waals surface area contributed by atoms with E-state index in [-0.39, 0.29) is 29.2 Å². The first-order valence-electron chi connectivity index (χ1n) is 10.1. The first-order valence-corrected chi connectivity index (χ1v) is 10.1. The van der Waals surface area contributed by atoms with Crippen LogP contribution in [0.15, 0.2) is 84.0 Å². The maximum Gasteiger partial charge on any atom is 0.269 e. The van der Waals surface area contributed by atoms with Crippen molar-refractivity contribution in [2.75, 3.05) is 16.1 Å². The minimum atomic E-state index is -0.487. The van der Waals surface area contributed by atoms with Crippen molar-refractivity contribution in [3.05, 3.63) is 105 Å². The molecule has 3 aromatic carbocycles. The fourth-order valence-corrected chi connectivity index (χ4v) is 2.83. The number of benzene rings is 3. The van der Waals surface area contributed by atoms with Crippen LogP contribution in [0.5, 0.6) is 0 Å². The van der Waals surface area contributed by atoms with E-state index < -0.39 is 9.85 Å². The van der Waals surface area contributed by atoms with Crippen LogP contribution >= 0.6 is 0 Å². The summed E-state index contributed by atoms with van der Waals surface area (Å²) in [4.78, 5) is 33.6. The molecule has 4 aromatic rings. The number of non-ortho nitro benzene ring substituents is 2. The number of nitrogens with zero attached hydrogens (tertiary/aromatic N) is 6. The Balaban J connectivity index is 1.55. The quantitative estimate of drug-likeness (QED) is 0.177. The number of nitrogens with one attached hydrogen (secondary N) is 3. The van der Waals surface area contributed by atoms with E-state index in [1.54, 1.807) is 12.1 Å². The van der Waals surface area contributed by atoms with Crippen LogP contribution in [0.25, 0.3) is 0 Å². The Morgan fingerprint density at radius 3 is 1.69 bits per heavy atom. The summed E-state index contributed by atoms with van der Waals surface area (Å²) in [6.07, 6.45) is 1.46. The summed E-state index contributed by atoms with van der Waals surface area (Å²) in [6, 6.07) is 20.9. The summed E-state index contributed by atoms with van der Waals surface area (Å²) < 4.78 is 0. The van der Waals surface area contributed by atoms with Crippen LogP contribution in [0.3, 0.4) is 0 Å². The monoisotopic (exact) mass is 471 g/mol. The predicted octanol–water partition coefficient (Wildman–Crippen LogP) is 4.62. The van der Waals surface area contributed by atoms with Crippen molar-refractivity contribution in [1.29, 1.82) is 0 Å². The molecule has 13 heteroatoms. The van der Waals surface area contributed by atoms with Crippen LogP contribution in [0.4, 0.5) is 40.6 Å². The van der Waals surface area contributed by atoms with Gasteiger partial charge in [-0.05, 0) is 42.0 Å². The molecule has 0 aliphatic carbocycles. The zero-order chi connectivity index (χ0) is 24.6. The third-order valence-corrected chi connectivity index (χ3v) is 4.48. The van der Waals surface area contributed by atoms with Gasteiger partial charge in [-0.15, -0.1) is 0 Å². The molecule has 35 heavy (non-hydrogen) atoms. The van der Waals surface area contributed by atoms with Crippen molar-refractivity contribution in [3.8, 4) is 0 Å². The molecule has 3 N–H and O–H groups in total. The number of hydrazone groups is 1. The minimum absolute atomic E-state index is 0.0221. The predicted molar refractivity (Wildman–Crippen MR) is 130 cm³/mol. The van der Waals surface area contributed by atoms with Crippen LogP contribution in [0.2, 0.25) is 0 Å². The smallest absolute Gasteiger partial charge is 0.269 e. The molecule has 0 amide bonds. The van der Waals surface area contributed by atoms with E-state index in [9.17, 15) is 20.2 Å². The second-order valence-electron chi connectivity index (χ2n) is 6.94. The van der Waals surface area contributed by atoms with Gasteiger partial charge in [0, 0.05) is 35.6 Å². The molecular weight excluding hydrogens is 454 g/mol. The van der Waals surface area contributed by atoms with E-state index in [1.165, 1.54) is 42.6 Å². The summed E-state index contributed by atoms with van der Waals surface area (Å²) in [5.41, 5.74) is 4.56. The Labute approximate surface area is 197 Å². The average Bonchev–Trinajstić information content (AvgIpc) is 2.85. The van der Waals surface area contributed by atoms with Crippen molar-refractivity contribution in [2.45, 2.75) is 0 Å². The fraction of sp³-hybridized carbons (Fsp3) is 0. The van der Waals surface area contributed by atoms with E-state index in [0.29, 0.717) is 11.3 Å². The number of hydrogen-bond donors (Lipinski definition) is 3. The number of para-hydroxylation sites is 1. The first-order chi connectivity index (χ1) is 17.0. The zero-order valence-corrected chi connectivity index (χ0v) is 17.9. The first kappa shape index (κ1) is 22.7. The zero-order valence-electron chi connectivity index (χ0n) is 17.9. The normalized spacial score (nSPS) is 10.6. The minimum Gasteiger partial charge on any atom is -0.324 e. The Hall–Kier alpha value is -5.46. The van der Waals surface area contributed by atoms with Crippen molar-refractivity contribution in [2.24, 2.45) is 5.10 Å². The molecule has 4 rings (SSSR count).